The van der Waals surface area contributed by atoms with Gasteiger partial charge in [-0.2, -0.15) is 0 Å². The van der Waals surface area contributed by atoms with Gasteiger partial charge in [0.25, 0.3) is 11.1 Å². The molecule has 22 heavy (non-hydrogen) atoms. The van der Waals surface area contributed by atoms with Crippen molar-refractivity contribution in [2.24, 2.45) is 0 Å². The third-order valence-electron chi connectivity index (χ3n) is 3.03. The van der Waals surface area contributed by atoms with Crippen LogP contribution in [-0.2, 0) is 11.3 Å². The molecule has 0 bridgehead atoms. The van der Waals surface area contributed by atoms with Crippen molar-refractivity contribution in [2.75, 3.05) is 0 Å². The molecule has 0 radical (unpaired) electrons. The van der Waals surface area contributed by atoms with E-state index in [1.165, 1.54) is 4.90 Å². The molecule has 112 valence electrons. The van der Waals surface area contributed by atoms with Crippen LogP contribution in [0.1, 0.15) is 11.3 Å². The van der Waals surface area contributed by atoms with Crippen molar-refractivity contribution < 1.29 is 14.0 Å². The van der Waals surface area contributed by atoms with Crippen LogP contribution in [-0.4, -0.2) is 16.0 Å². The van der Waals surface area contributed by atoms with E-state index in [0.717, 1.165) is 17.3 Å². The maximum atomic E-state index is 12.4. The minimum Gasteiger partial charge on any atom is -0.450 e. The molecular weight excluding hydrogens is 390 g/mol. The van der Waals surface area contributed by atoms with Crippen LogP contribution in [0.2, 0.25) is 5.02 Å². The highest BCUT2D eigenvalue weighted by Gasteiger charge is 2.35. The van der Waals surface area contributed by atoms with Gasteiger partial charge in [0, 0.05) is 11.1 Å². The first kappa shape index (κ1) is 15.4. The van der Waals surface area contributed by atoms with Crippen molar-refractivity contribution in [2.45, 2.75) is 6.54 Å². The zero-order chi connectivity index (χ0) is 15.7. The largest absolute Gasteiger partial charge is 0.450 e. The van der Waals surface area contributed by atoms with E-state index in [2.05, 4.69) is 15.9 Å². The van der Waals surface area contributed by atoms with Crippen molar-refractivity contribution in [1.29, 1.82) is 0 Å². The van der Waals surface area contributed by atoms with E-state index in [1.54, 1.807) is 36.4 Å². The lowest BCUT2D eigenvalue weighted by Gasteiger charge is -2.13. The SMILES string of the molecule is O=C1S/C(=C\c2ccc(Br)o2)C(=O)N1Cc1ccccc1Cl. The summed E-state index contributed by atoms with van der Waals surface area (Å²) in [5.41, 5.74) is 0.730. The first-order valence-corrected chi connectivity index (χ1v) is 8.27. The Labute approximate surface area is 144 Å². The number of carbonyl (C=O) groups excluding carboxylic acids is 2. The van der Waals surface area contributed by atoms with Gasteiger partial charge in [-0.3, -0.25) is 14.5 Å². The molecule has 0 unspecified atom stereocenters. The molecule has 0 spiro atoms. The first-order chi connectivity index (χ1) is 10.5. The number of halogens is 2. The van der Waals surface area contributed by atoms with Crippen LogP contribution in [0.4, 0.5) is 4.79 Å². The lowest BCUT2D eigenvalue weighted by molar-refractivity contribution is -0.123. The van der Waals surface area contributed by atoms with Gasteiger partial charge in [-0.15, -0.1) is 0 Å². The molecule has 1 aliphatic heterocycles. The average Bonchev–Trinajstić information content (AvgIpc) is 3.00. The Morgan fingerprint density at radius 3 is 2.68 bits per heavy atom. The molecule has 2 heterocycles. The number of benzene rings is 1. The summed E-state index contributed by atoms with van der Waals surface area (Å²) in [6.45, 7) is 0.156. The zero-order valence-corrected chi connectivity index (χ0v) is 14.2. The van der Waals surface area contributed by atoms with E-state index < -0.39 is 0 Å². The quantitative estimate of drug-likeness (QED) is 0.688. The molecule has 0 atom stereocenters. The van der Waals surface area contributed by atoms with E-state index in [0.29, 0.717) is 20.4 Å². The Bertz CT molecular complexity index is 787. The van der Waals surface area contributed by atoms with E-state index in [1.807, 2.05) is 6.07 Å². The lowest BCUT2D eigenvalue weighted by atomic mass is 10.2. The van der Waals surface area contributed by atoms with Gasteiger partial charge in [0.2, 0.25) is 0 Å². The molecule has 4 nitrogen and oxygen atoms in total. The molecule has 0 saturated carbocycles. The Balaban J connectivity index is 1.83. The zero-order valence-electron chi connectivity index (χ0n) is 11.1. The van der Waals surface area contributed by atoms with Gasteiger partial charge in [-0.1, -0.05) is 29.8 Å². The minimum atomic E-state index is -0.345. The van der Waals surface area contributed by atoms with E-state index in [4.69, 9.17) is 16.0 Å². The van der Waals surface area contributed by atoms with Crippen molar-refractivity contribution in [3.8, 4) is 0 Å². The molecular formula is C15H9BrClNO3S. The minimum absolute atomic E-state index is 0.156. The molecule has 1 aromatic carbocycles. The number of hydrogen-bond donors (Lipinski definition) is 0. The number of hydrogen-bond acceptors (Lipinski definition) is 4. The molecule has 2 amide bonds. The van der Waals surface area contributed by atoms with Crippen LogP contribution in [0.25, 0.3) is 6.08 Å². The summed E-state index contributed by atoms with van der Waals surface area (Å²) >= 11 is 10.2. The standard InChI is InChI=1S/C15H9BrClNO3S/c16-13-6-5-10(21-13)7-12-14(19)18(15(20)22-12)8-9-3-1-2-4-11(9)17/h1-7H,8H2/b12-7-. The molecule has 1 fully saturated rings. The topological polar surface area (TPSA) is 50.5 Å². The maximum Gasteiger partial charge on any atom is 0.293 e. The normalized spacial score (nSPS) is 16.8. The fourth-order valence-electron chi connectivity index (χ4n) is 1.97. The third kappa shape index (κ3) is 3.14. The third-order valence-corrected chi connectivity index (χ3v) is 4.73. The van der Waals surface area contributed by atoms with E-state index in [-0.39, 0.29) is 17.7 Å². The predicted molar refractivity (Wildman–Crippen MR) is 89.4 cm³/mol. The average molecular weight is 399 g/mol. The number of amides is 2. The van der Waals surface area contributed by atoms with Crippen LogP contribution in [0, 0.1) is 0 Å². The van der Waals surface area contributed by atoms with Gasteiger partial charge in [-0.25, -0.2) is 0 Å². The van der Waals surface area contributed by atoms with Gasteiger partial charge in [-0.05, 0) is 51.5 Å². The van der Waals surface area contributed by atoms with Crippen LogP contribution < -0.4 is 0 Å². The summed E-state index contributed by atoms with van der Waals surface area (Å²) in [6.07, 6.45) is 1.56. The Morgan fingerprint density at radius 2 is 2.00 bits per heavy atom. The number of nitrogens with zero attached hydrogens (tertiary/aromatic N) is 1. The molecule has 1 aliphatic rings. The second kappa shape index (κ2) is 6.32. The van der Waals surface area contributed by atoms with Gasteiger partial charge in [0.05, 0.1) is 11.4 Å². The van der Waals surface area contributed by atoms with Gasteiger partial charge in [0.1, 0.15) is 5.76 Å². The highest BCUT2D eigenvalue weighted by atomic mass is 79.9. The summed E-state index contributed by atoms with van der Waals surface area (Å²) in [4.78, 5) is 25.9. The van der Waals surface area contributed by atoms with Crippen molar-refractivity contribution in [3.63, 3.8) is 0 Å². The Hall–Kier alpha value is -1.50. The van der Waals surface area contributed by atoms with E-state index in [9.17, 15) is 9.59 Å². The van der Waals surface area contributed by atoms with Crippen LogP contribution in [0.3, 0.4) is 0 Å². The van der Waals surface area contributed by atoms with Gasteiger partial charge in [0.15, 0.2) is 4.67 Å². The first-order valence-electron chi connectivity index (χ1n) is 6.29. The molecule has 2 aromatic rings. The van der Waals surface area contributed by atoms with E-state index >= 15 is 0 Å². The van der Waals surface area contributed by atoms with Gasteiger partial charge >= 0.3 is 0 Å². The van der Waals surface area contributed by atoms with Crippen molar-refractivity contribution >= 4 is 56.5 Å². The smallest absolute Gasteiger partial charge is 0.293 e. The molecule has 0 aliphatic carbocycles. The Morgan fingerprint density at radius 1 is 1.23 bits per heavy atom. The monoisotopic (exact) mass is 397 g/mol. The fraction of sp³-hybridized carbons (Fsp3) is 0.0667. The highest BCUT2D eigenvalue weighted by Crippen LogP contribution is 2.34. The Kier molecular flexibility index (Phi) is 4.42. The summed E-state index contributed by atoms with van der Waals surface area (Å²) in [6, 6.07) is 10.6. The van der Waals surface area contributed by atoms with Crippen LogP contribution in [0.15, 0.2) is 50.4 Å². The summed E-state index contributed by atoms with van der Waals surface area (Å²) < 4.78 is 5.89. The number of furan rings is 1. The van der Waals surface area contributed by atoms with Crippen molar-refractivity contribution in [3.05, 3.63) is 62.3 Å². The fourth-order valence-corrected chi connectivity index (χ4v) is 3.30. The van der Waals surface area contributed by atoms with Crippen LogP contribution in [0.5, 0.6) is 0 Å². The number of rotatable bonds is 3. The molecule has 7 heteroatoms. The molecule has 3 rings (SSSR count). The predicted octanol–water partition coefficient (Wildman–Crippen LogP) is 4.93. The summed E-state index contributed by atoms with van der Waals surface area (Å²) in [5.74, 6) is 0.164. The van der Waals surface area contributed by atoms with Gasteiger partial charge < -0.3 is 4.42 Å². The number of thioether (sulfide) groups is 1. The number of carbonyl (C=O) groups is 2. The van der Waals surface area contributed by atoms with Crippen molar-refractivity contribution in [1.82, 2.24) is 4.90 Å². The second-order valence-electron chi connectivity index (χ2n) is 4.50. The molecule has 0 N–H and O–H groups in total. The second-order valence-corrected chi connectivity index (χ2v) is 6.68. The number of imide groups is 1. The lowest BCUT2D eigenvalue weighted by Crippen LogP contribution is -2.27. The molecule has 1 saturated heterocycles. The molecule has 1 aromatic heterocycles. The summed E-state index contributed by atoms with van der Waals surface area (Å²) in [5, 5.41) is 0.210. The maximum absolute atomic E-state index is 12.4. The van der Waals surface area contributed by atoms with Crippen LogP contribution >= 0.6 is 39.3 Å². The summed E-state index contributed by atoms with van der Waals surface area (Å²) in [7, 11) is 0. The highest BCUT2D eigenvalue weighted by molar-refractivity contribution is 9.10.